The number of aryl methyl sites for hydroxylation is 2. The summed E-state index contributed by atoms with van der Waals surface area (Å²) < 4.78 is 3.80. The molecule has 4 rings (SSSR count). The van der Waals surface area contributed by atoms with Crippen LogP contribution in [0.3, 0.4) is 0 Å². The maximum Gasteiger partial charge on any atom is 0.301 e. The number of H-pyrrole nitrogens is 1. The molecule has 0 saturated carbocycles. The van der Waals surface area contributed by atoms with Gasteiger partial charge in [-0.3, -0.25) is 9.89 Å². The fourth-order valence-corrected chi connectivity index (χ4v) is 5.95. The van der Waals surface area contributed by atoms with E-state index in [1.54, 1.807) is 6.92 Å². The molecule has 0 aliphatic rings. The number of azo groups is 1. The molecular formula is C20H14Br3N5OS. The van der Waals surface area contributed by atoms with Crippen LogP contribution in [0.4, 0.5) is 11.4 Å². The van der Waals surface area contributed by atoms with Crippen LogP contribution in [0, 0.1) is 13.8 Å². The normalized spacial score (nSPS) is 11.5. The van der Waals surface area contributed by atoms with Gasteiger partial charge in [-0.2, -0.15) is 4.68 Å². The van der Waals surface area contributed by atoms with Crippen LogP contribution in [0.2, 0.25) is 0 Å². The van der Waals surface area contributed by atoms with Crippen molar-refractivity contribution in [3.8, 4) is 16.4 Å². The topological polar surface area (TPSA) is 75.4 Å². The Balaban J connectivity index is 1.68. The molecule has 6 nitrogen and oxygen atoms in total. The van der Waals surface area contributed by atoms with Crippen molar-refractivity contribution in [2.45, 2.75) is 13.8 Å². The van der Waals surface area contributed by atoms with Crippen molar-refractivity contribution in [1.29, 1.82) is 0 Å². The molecule has 2 aromatic heterocycles. The van der Waals surface area contributed by atoms with Crippen LogP contribution in [0.5, 0.6) is 0 Å². The number of aromatic nitrogens is 3. The van der Waals surface area contributed by atoms with E-state index >= 15 is 0 Å². The van der Waals surface area contributed by atoms with Gasteiger partial charge in [0, 0.05) is 24.4 Å². The molecule has 152 valence electrons. The summed E-state index contributed by atoms with van der Waals surface area (Å²) in [4.78, 5) is 17.5. The summed E-state index contributed by atoms with van der Waals surface area (Å²) in [6.45, 7) is 3.82. The lowest BCUT2D eigenvalue weighted by molar-refractivity contribution is 0.827. The van der Waals surface area contributed by atoms with Gasteiger partial charge in [0.05, 0.1) is 11.4 Å². The van der Waals surface area contributed by atoms with Gasteiger partial charge in [0.1, 0.15) is 5.69 Å². The number of thiazole rings is 1. The molecule has 0 amide bonds. The minimum atomic E-state index is -0.301. The van der Waals surface area contributed by atoms with Crippen LogP contribution < -0.4 is 5.56 Å². The number of nitrogens with zero attached hydrogens (tertiary/aromatic N) is 4. The van der Waals surface area contributed by atoms with Gasteiger partial charge in [0.2, 0.25) is 5.13 Å². The van der Waals surface area contributed by atoms with Crippen molar-refractivity contribution in [1.82, 2.24) is 14.8 Å². The van der Waals surface area contributed by atoms with E-state index in [9.17, 15) is 4.79 Å². The lowest BCUT2D eigenvalue weighted by atomic mass is 10.1. The third kappa shape index (κ3) is 4.27. The predicted molar refractivity (Wildman–Crippen MR) is 131 cm³/mol. The zero-order chi connectivity index (χ0) is 21.4. The Morgan fingerprint density at radius 3 is 2.30 bits per heavy atom. The first-order valence-electron chi connectivity index (χ1n) is 8.74. The standard InChI is InChI=1S/C20H14Br3N5OS/c1-10-3-5-12(6-4-10)16-9-30-20(24-16)28-19(29)17(11(2)27-28)25-26-18-14(22)7-13(21)8-15(18)23/h3-9,27H,1-2H3. The second-order valence-corrected chi connectivity index (χ2v) is 9.99. The third-order valence-electron chi connectivity index (χ3n) is 4.30. The van der Waals surface area contributed by atoms with Crippen LogP contribution in [-0.2, 0) is 0 Å². The quantitative estimate of drug-likeness (QED) is 0.241. The fraction of sp³-hybridized carbons (Fsp3) is 0.100. The fourth-order valence-electron chi connectivity index (χ4n) is 2.74. The van der Waals surface area contributed by atoms with Gasteiger partial charge in [-0.15, -0.1) is 21.6 Å². The average molecular weight is 612 g/mol. The van der Waals surface area contributed by atoms with Crippen LogP contribution in [-0.4, -0.2) is 14.8 Å². The van der Waals surface area contributed by atoms with E-state index in [1.807, 2.05) is 48.7 Å². The molecule has 0 atom stereocenters. The van der Waals surface area contributed by atoms with Crippen molar-refractivity contribution in [3.05, 3.63) is 76.8 Å². The van der Waals surface area contributed by atoms with Crippen LogP contribution in [0.1, 0.15) is 11.3 Å². The number of hydrogen-bond donors (Lipinski definition) is 1. The van der Waals surface area contributed by atoms with Crippen molar-refractivity contribution >= 4 is 70.5 Å². The van der Waals surface area contributed by atoms with E-state index in [-0.39, 0.29) is 11.2 Å². The minimum Gasteiger partial charge on any atom is -0.291 e. The number of aromatic amines is 1. The molecule has 30 heavy (non-hydrogen) atoms. The van der Waals surface area contributed by atoms with Gasteiger partial charge in [0.15, 0.2) is 5.69 Å². The number of halogens is 3. The number of nitrogens with one attached hydrogen (secondary N) is 1. The molecule has 0 spiro atoms. The molecule has 0 aliphatic heterocycles. The van der Waals surface area contributed by atoms with Gasteiger partial charge < -0.3 is 0 Å². The summed E-state index contributed by atoms with van der Waals surface area (Å²) in [6, 6.07) is 11.8. The third-order valence-corrected chi connectivity index (χ3v) is 6.80. The molecular weight excluding hydrogens is 598 g/mol. The zero-order valence-electron chi connectivity index (χ0n) is 15.8. The summed E-state index contributed by atoms with van der Waals surface area (Å²) in [5, 5.41) is 14.0. The molecule has 0 unspecified atom stereocenters. The maximum absolute atomic E-state index is 12.9. The molecule has 1 N–H and O–H groups in total. The number of rotatable bonds is 4. The highest BCUT2D eigenvalue weighted by atomic mass is 79.9. The molecule has 10 heteroatoms. The molecule has 0 bridgehead atoms. The van der Waals surface area contributed by atoms with E-state index in [1.165, 1.54) is 21.6 Å². The Kier molecular flexibility index (Phi) is 6.19. The summed E-state index contributed by atoms with van der Waals surface area (Å²) in [5.74, 6) is 0. The first-order valence-corrected chi connectivity index (χ1v) is 12.0. The summed E-state index contributed by atoms with van der Waals surface area (Å²) in [5.41, 5.74) is 4.16. The maximum atomic E-state index is 12.9. The number of hydrogen-bond acceptors (Lipinski definition) is 5. The molecule has 4 aromatic rings. The van der Waals surface area contributed by atoms with E-state index < -0.39 is 0 Å². The molecule has 0 radical (unpaired) electrons. The van der Waals surface area contributed by atoms with E-state index in [2.05, 4.69) is 68.1 Å². The number of benzene rings is 2. The summed E-state index contributed by atoms with van der Waals surface area (Å²) in [6.07, 6.45) is 0. The first-order chi connectivity index (χ1) is 14.3. The lowest BCUT2D eigenvalue weighted by Gasteiger charge is -2.01. The first kappa shape index (κ1) is 21.4. The summed E-state index contributed by atoms with van der Waals surface area (Å²) >= 11 is 11.7. The molecule has 0 aliphatic carbocycles. The summed E-state index contributed by atoms with van der Waals surface area (Å²) in [7, 11) is 0. The largest absolute Gasteiger partial charge is 0.301 e. The van der Waals surface area contributed by atoms with Crippen LogP contribution >= 0.6 is 59.1 Å². The second kappa shape index (κ2) is 8.70. The highest BCUT2D eigenvalue weighted by Crippen LogP contribution is 2.37. The van der Waals surface area contributed by atoms with Gasteiger partial charge in [-0.05, 0) is 57.8 Å². The van der Waals surface area contributed by atoms with Crippen molar-refractivity contribution in [3.63, 3.8) is 0 Å². The van der Waals surface area contributed by atoms with Crippen molar-refractivity contribution in [2.24, 2.45) is 10.2 Å². The molecule has 2 aromatic carbocycles. The van der Waals surface area contributed by atoms with E-state index in [0.29, 0.717) is 16.5 Å². The molecule has 0 saturated heterocycles. The van der Waals surface area contributed by atoms with Crippen molar-refractivity contribution in [2.75, 3.05) is 0 Å². The van der Waals surface area contributed by atoms with E-state index in [4.69, 9.17) is 0 Å². The Labute approximate surface area is 201 Å². The smallest absolute Gasteiger partial charge is 0.291 e. The average Bonchev–Trinajstić information content (AvgIpc) is 3.27. The Morgan fingerprint density at radius 2 is 1.63 bits per heavy atom. The zero-order valence-corrected chi connectivity index (χ0v) is 21.4. The monoisotopic (exact) mass is 609 g/mol. The van der Waals surface area contributed by atoms with Gasteiger partial charge in [0.25, 0.3) is 0 Å². The highest BCUT2D eigenvalue weighted by Gasteiger charge is 2.16. The Bertz CT molecular complexity index is 1300. The molecule has 0 fully saturated rings. The highest BCUT2D eigenvalue weighted by molar-refractivity contribution is 9.11. The Hall–Kier alpha value is -1.88. The van der Waals surface area contributed by atoms with Gasteiger partial charge in [-0.25, -0.2) is 4.98 Å². The second-order valence-electron chi connectivity index (χ2n) is 6.53. The molecule has 2 heterocycles. The SMILES string of the molecule is Cc1ccc(-c2csc(-n3[nH]c(C)c(N=Nc4c(Br)cc(Br)cc4Br)c3=O)n2)cc1. The van der Waals surface area contributed by atoms with Crippen molar-refractivity contribution < 1.29 is 0 Å². The van der Waals surface area contributed by atoms with Gasteiger partial charge in [-0.1, -0.05) is 45.8 Å². The predicted octanol–water partition coefficient (Wildman–Crippen LogP) is 7.61. The Morgan fingerprint density at radius 1 is 1.00 bits per heavy atom. The van der Waals surface area contributed by atoms with Gasteiger partial charge >= 0.3 is 5.56 Å². The lowest BCUT2D eigenvalue weighted by Crippen LogP contribution is -2.13. The van der Waals surface area contributed by atoms with Crippen LogP contribution in [0.15, 0.2) is 70.2 Å². The minimum absolute atomic E-state index is 0.240. The van der Waals surface area contributed by atoms with E-state index in [0.717, 1.165) is 24.7 Å². The van der Waals surface area contributed by atoms with Crippen LogP contribution in [0.25, 0.3) is 16.4 Å².